The molecule has 2 heterocycles. The Morgan fingerprint density at radius 1 is 1.23 bits per heavy atom. The number of methoxy groups -OCH3 is 1. The average molecular weight is 402 g/mol. The van der Waals surface area contributed by atoms with E-state index < -0.39 is 10.9 Å². The van der Waals surface area contributed by atoms with E-state index in [9.17, 15) is 0 Å². The molecular formula is C22H28B2N4O2. The Bertz CT molecular complexity index is 1030. The minimum absolute atomic E-state index is 0.0180. The quantitative estimate of drug-likeness (QED) is 0.760. The van der Waals surface area contributed by atoms with E-state index in [0.717, 1.165) is 48.9 Å². The number of aromatic nitrogens is 2. The highest BCUT2D eigenvalue weighted by molar-refractivity contribution is 6.41. The number of nitrogens with zero attached hydrogens (tertiary/aromatic N) is 3. The Balaban J connectivity index is 1.70. The van der Waals surface area contributed by atoms with E-state index in [4.69, 9.17) is 20.2 Å². The smallest absolute Gasteiger partial charge is 0.282 e. The normalized spacial score (nSPS) is 31.5. The van der Waals surface area contributed by atoms with Crippen LogP contribution in [-0.2, 0) is 21.4 Å². The first-order valence-corrected chi connectivity index (χ1v) is 10.8. The van der Waals surface area contributed by atoms with E-state index in [0.29, 0.717) is 12.1 Å². The molecule has 8 heteroatoms. The number of fused-ring (bicyclic) bond motifs is 3. The Morgan fingerprint density at radius 3 is 2.63 bits per heavy atom. The van der Waals surface area contributed by atoms with Crippen molar-refractivity contribution in [3.8, 4) is 11.1 Å². The van der Waals surface area contributed by atoms with Crippen molar-refractivity contribution in [2.24, 2.45) is 16.1 Å². The van der Waals surface area contributed by atoms with Crippen molar-refractivity contribution in [3.63, 3.8) is 0 Å². The largest absolute Gasteiger partial charge is 0.475 e. The molecular weight excluding hydrogens is 374 g/mol. The van der Waals surface area contributed by atoms with E-state index in [1.165, 1.54) is 11.1 Å². The van der Waals surface area contributed by atoms with Gasteiger partial charge in [-0.25, -0.2) is 15.0 Å². The molecule has 1 aromatic carbocycles. The molecule has 30 heavy (non-hydrogen) atoms. The fourth-order valence-corrected chi connectivity index (χ4v) is 6.41. The number of amidine groups is 1. The number of ether oxygens (including phenoxy) is 2. The summed E-state index contributed by atoms with van der Waals surface area (Å²) < 4.78 is 11.8. The van der Waals surface area contributed by atoms with Gasteiger partial charge >= 0.3 is 0 Å². The van der Waals surface area contributed by atoms with Crippen molar-refractivity contribution >= 4 is 21.7 Å². The molecule has 2 aromatic rings. The summed E-state index contributed by atoms with van der Waals surface area (Å²) in [6.45, 7) is 2.02. The van der Waals surface area contributed by atoms with Gasteiger partial charge in [0.15, 0.2) is 15.7 Å². The Kier molecular flexibility index (Phi) is 4.30. The summed E-state index contributed by atoms with van der Waals surface area (Å²) in [7, 11) is 6.09. The van der Waals surface area contributed by atoms with Crippen molar-refractivity contribution in [1.29, 1.82) is 0 Å². The lowest BCUT2D eigenvalue weighted by Gasteiger charge is -2.51. The molecule has 2 spiro atoms. The lowest BCUT2D eigenvalue weighted by molar-refractivity contribution is -0.0256. The third-order valence-corrected chi connectivity index (χ3v) is 7.75. The summed E-state index contributed by atoms with van der Waals surface area (Å²) in [5.41, 5.74) is 11.4. The van der Waals surface area contributed by atoms with Crippen LogP contribution in [0.5, 0.6) is 0 Å². The molecule has 3 aliphatic rings. The molecule has 1 saturated carbocycles. The van der Waals surface area contributed by atoms with Gasteiger partial charge in [-0.3, -0.25) is 0 Å². The molecule has 1 atom stereocenters. The van der Waals surface area contributed by atoms with Crippen LogP contribution in [0.1, 0.15) is 42.5 Å². The Hall–Kier alpha value is -2.34. The third-order valence-electron chi connectivity index (χ3n) is 7.75. The monoisotopic (exact) mass is 402 g/mol. The number of benzene rings is 1. The third kappa shape index (κ3) is 2.52. The number of hydrogen-bond acceptors (Lipinski definition) is 6. The molecule has 2 N–H and O–H groups in total. The van der Waals surface area contributed by atoms with E-state index in [1.807, 2.05) is 20.2 Å². The molecule has 6 nitrogen and oxygen atoms in total. The van der Waals surface area contributed by atoms with Gasteiger partial charge in [-0.1, -0.05) is 12.1 Å². The minimum atomic E-state index is -0.525. The highest BCUT2D eigenvalue weighted by Gasteiger charge is 2.68. The summed E-state index contributed by atoms with van der Waals surface area (Å²) in [6, 6.07) is 7.03. The first-order chi connectivity index (χ1) is 14.3. The van der Waals surface area contributed by atoms with Gasteiger partial charge in [-0.05, 0) is 61.8 Å². The maximum atomic E-state index is 6.22. The molecule has 0 bridgehead atoms. The Labute approximate surface area is 179 Å². The first-order valence-electron chi connectivity index (χ1n) is 10.8. The zero-order chi connectivity index (χ0) is 21.1. The molecule has 2 aliphatic carbocycles. The average Bonchev–Trinajstić information content (AvgIpc) is 3.13. The lowest BCUT2D eigenvalue weighted by Crippen LogP contribution is -2.59. The Morgan fingerprint density at radius 2 is 2.00 bits per heavy atom. The fourth-order valence-electron chi connectivity index (χ4n) is 6.41. The summed E-state index contributed by atoms with van der Waals surface area (Å²) in [4.78, 5) is 13.7. The highest BCUT2D eigenvalue weighted by atomic mass is 16.5. The lowest BCUT2D eigenvalue weighted by atomic mass is 9.45. The van der Waals surface area contributed by atoms with Gasteiger partial charge in [0.1, 0.15) is 11.9 Å². The van der Waals surface area contributed by atoms with Gasteiger partial charge in [-0.15, -0.1) is 0 Å². The van der Waals surface area contributed by atoms with Crippen LogP contribution >= 0.6 is 0 Å². The second-order valence-corrected chi connectivity index (χ2v) is 9.56. The van der Waals surface area contributed by atoms with Crippen LogP contribution in [0.25, 0.3) is 11.1 Å². The second-order valence-electron chi connectivity index (χ2n) is 9.56. The van der Waals surface area contributed by atoms with E-state index in [-0.39, 0.29) is 5.41 Å². The van der Waals surface area contributed by atoms with E-state index >= 15 is 0 Å². The predicted octanol–water partition coefficient (Wildman–Crippen LogP) is 1.04. The van der Waals surface area contributed by atoms with E-state index in [2.05, 4.69) is 43.9 Å². The second kappa shape index (κ2) is 6.58. The molecule has 0 amide bonds. The number of rotatable bonds is 2. The van der Waals surface area contributed by atoms with Crippen LogP contribution in [0, 0.1) is 12.3 Å². The predicted molar refractivity (Wildman–Crippen MR) is 122 cm³/mol. The molecule has 1 fully saturated rings. The fraction of sp³-hybridized carbons (Fsp3) is 0.500. The number of aliphatic imine (C=N–C) groups is 1. The van der Waals surface area contributed by atoms with Crippen LogP contribution in [0.3, 0.4) is 0 Å². The standard InChI is InChI=1S/C22H28B2N4O2/c1-13-17(11-26-12-27-13)14-3-4-15-10-20(7-5-16(29-2)6-8-20)21(18(15)9-14)22(23,24)30-19(25)28-21/h3-4,9,11-12,16H,5-8,10,23-24H2,1-2H3,(H2,25,28)/t16-,20-,21-/m0/s1. The van der Waals surface area contributed by atoms with Gasteiger partial charge < -0.3 is 15.2 Å². The summed E-state index contributed by atoms with van der Waals surface area (Å²) in [5, 5.41) is -0.525. The summed E-state index contributed by atoms with van der Waals surface area (Å²) in [6.07, 6.45) is 8.97. The maximum Gasteiger partial charge on any atom is 0.282 e. The van der Waals surface area contributed by atoms with Crippen molar-refractivity contribution in [2.45, 2.75) is 56.1 Å². The van der Waals surface area contributed by atoms with Crippen molar-refractivity contribution < 1.29 is 9.47 Å². The van der Waals surface area contributed by atoms with Gasteiger partial charge in [0, 0.05) is 30.0 Å². The van der Waals surface area contributed by atoms with Crippen LogP contribution in [-0.4, -0.2) is 50.3 Å². The zero-order valence-corrected chi connectivity index (χ0v) is 18.2. The zero-order valence-electron chi connectivity index (χ0n) is 18.2. The molecule has 154 valence electrons. The highest BCUT2D eigenvalue weighted by Crippen LogP contribution is 2.65. The van der Waals surface area contributed by atoms with Crippen molar-refractivity contribution in [3.05, 3.63) is 47.5 Å². The van der Waals surface area contributed by atoms with Crippen LogP contribution in [0.4, 0.5) is 0 Å². The number of aryl methyl sites for hydroxylation is 1. The molecule has 0 unspecified atom stereocenters. The first kappa shape index (κ1) is 19.6. The minimum Gasteiger partial charge on any atom is -0.475 e. The van der Waals surface area contributed by atoms with Crippen LogP contribution < -0.4 is 5.73 Å². The van der Waals surface area contributed by atoms with Gasteiger partial charge in [0.2, 0.25) is 0 Å². The molecule has 0 saturated heterocycles. The molecule has 5 rings (SSSR count). The number of hydrogen-bond donors (Lipinski definition) is 1. The van der Waals surface area contributed by atoms with Crippen LogP contribution in [0.15, 0.2) is 35.7 Å². The van der Waals surface area contributed by atoms with Crippen LogP contribution in [0.2, 0.25) is 0 Å². The van der Waals surface area contributed by atoms with Gasteiger partial charge in [0.05, 0.1) is 11.5 Å². The van der Waals surface area contributed by atoms with Gasteiger partial charge in [0.25, 0.3) is 6.02 Å². The topological polar surface area (TPSA) is 82.6 Å². The maximum absolute atomic E-state index is 6.22. The van der Waals surface area contributed by atoms with Gasteiger partial charge in [-0.2, -0.15) is 0 Å². The molecule has 1 aromatic heterocycles. The van der Waals surface area contributed by atoms with Crippen molar-refractivity contribution in [2.75, 3.05) is 7.11 Å². The van der Waals surface area contributed by atoms with E-state index in [1.54, 1.807) is 6.33 Å². The molecule has 0 radical (unpaired) electrons. The molecule has 1 aliphatic heterocycles. The summed E-state index contributed by atoms with van der Waals surface area (Å²) in [5.74, 6) is 0. The number of nitrogens with two attached hydrogens (primary N) is 1. The van der Waals surface area contributed by atoms with Crippen molar-refractivity contribution in [1.82, 2.24) is 9.97 Å². The summed E-state index contributed by atoms with van der Waals surface area (Å²) >= 11 is 0. The SMILES string of the molecule is BC1(B)OC(N)=N[C@]12c1cc(-c3cncnc3C)ccc1C[C@]21CC[C@@H](OC)CC1.